The number of rotatable bonds is 3. The Morgan fingerprint density at radius 1 is 1.31 bits per heavy atom. The van der Waals surface area contributed by atoms with E-state index in [0.29, 0.717) is 22.2 Å². The van der Waals surface area contributed by atoms with Crippen molar-refractivity contribution in [1.82, 2.24) is 9.97 Å². The highest BCUT2D eigenvalue weighted by molar-refractivity contribution is 6.04. The number of benzene rings is 1. The standard InChI is InChI=1S/C18H18FN5O2/c1-18(2,26)8-5-12-16(23-7-8)13(15(22)17(25)24-12)9-3-4-11(19)14(21)10(9)6-20/h3-7,20,26H,21-22H2,1-2H3,(H,24,25). The van der Waals surface area contributed by atoms with Crippen molar-refractivity contribution < 1.29 is 9.50 Å². The van der Waals surface area contributed by atoms with Crippen molar-refractivity contribution in [2.24, 2.45) is 0 Å². The summed E-state index contributed by atoms with van der Waals surface area (Å²) in [6, 6.07) is 4.15. The van der Waals surface area contributed by atoms with E-state index >= 15 is 0 Å². The Morgan fingerprint density at radius 2 is 2.00 bits per heavy atom. The fraction of sp³-hybridized carbons (Fsp3) is 0.167. The lowest BCUT2D eigenvalue weighted by molar-refractivity contribution is 0.0784. The number of nitrogens with one attached hydrogen (secondary N) is 2. The first-order chi connectivity index (χ1) is 12.1. The molecule has 0 spiro atoms. The van der Waals surface area contributed by atoms with Gasteiger partial charge in [-0.2, -0.15) is 0 Å². The summed E-state index contributed by atoms with van der Waals surface area (Å²) in [5.74, 6) is -0.669. The van der Waals surface area contributed by atoms with Crippen molar-refractivity contribution in [2.45, 2.75) is 19.4 Å². The van der Waals surface area contributed by atoms with Gasteiger partial charge in [-0.25, -0.2) is 4.39 Å². The van der Waals surface area contributed by atoms with E-state index in [0.717, 1.165) is 12.3 Å². The fourth-order valence-electron chi connectivity index (χ4n) is 2.78. The Hall–Kier alpha value is -3.26. The van der Waals surface area contributed by atoms with Gasteiger partial charge in [-0.05, 0) is 31.5 Å². The quantitative estimate of drug-likeness (QED) is 0.361. The third-order valence-electron chi connectivity index (χ3n) is 4.24. The zero-order chi connectivity index (χ0) is 19.2. The van der Waals surface area contributed by atoms with Crippen LogP contribution >= 0.6 is 0 Å². The van der Waals surface area contributed by atoms with Crippen LogP contribution in [0.2, 0.25) is 0 Å². The molecule has 0 bridgehead atoms. The molecule has 8 heteroatoms. The summed E-state index contributed by atoms with van der Waals surface area (Å²) in [5, 5.41) is 17.7. The van der Waals surface area contributed by atoms with Crippen molar-refractivity contribution >= 4 is 28.6 Å². The molecule has 2 aromatic heterocycles. The first-order valence-electron chi connectivity index (χ1n) is 7.78. The number of anilines is 2. The molecule has 0 atom stereocenters. The third kappa shape index (κ3) is 2.70. The van der Waals surface area contributed by atoms with E-state index in [1.807, 2.05) is 0 Å². The lowest BCUT2D eigenvalue weighted by Crippen LogP contribution is -2.18. The molecule has 0 saturated heterocycles. The molecule has 26 heavy (non-hydrogen) atoms. The van der Waals surface area contributed by atoms with Gasteiger partial charge in [-0.1, -0.05) is 6.07 Å². The van der Waals surface area contributed by atoms with Gasteiger partial charge in [0.05, 0.1) is 22.3 Å². The van der Waals surface area contributed by atoms with E-state index in [-0.39, 0.29) is 22.5 Å². The number of hydrogen-bond donors (Lipinski definition) is 5. The predicted octanol–water partition coefficient (Wildman–Crippen LogP) is 2.12. The molecule has 134 valence electrons. The molecule has 3 rings (SSSR count). The van der Waals surface area contributed by atoms with E-state index in [2.05, 4.69) is 9.97 Å². The molecule has 0 unspecified atom stereocenters. The van der Waals surface area contributed by atoms with Crippen molar-refractivity contribution in [3.05, 3.63) is 51.7 Å². The first-order valence-corrected chi connectivity index (χ1v) is 7.78. The highest BCUT2D eigenvalue weighted by atomic mass is 19.1. The third-order valence-corrected chi connectivity index (χ3v) is 4.24. The van der Waals surface area contributed by atoms with Crippen LogP contribution in [0.25, 0.3) is 22.2 Å². The second-order valence-corrected chi connectivity index (χ2v) is 6.49. The van der Waals surface area contributed by atoms with Gasteiger partial charge in [0.15, 0.2) is 0 Å². The topological polar surface area (TPSA) is 142 Å². The summed E-state index contributed by atoms with van der Waals surface area (Å²) in [5.41, 5.74) is 11.6. The smallest absolute Gasteiger partial charge is 0.272 e. The number of aromatic amines is 1. The van der Waals surface area contributed by atoms with Crippen molar-refractivity contribution in [3.63, 3.8) is 0 Å². The summed E-state index contributed by atoms with van der Waals surface area (Å²) in [7, 11) is 0. The average molecular weight is 355 g/mol. The maximum Gasteiger partial charge on any atom is 0.272 e. The van der Waals surface area contributed by atoms with E-state index in [1.54, 1.807) is 19.9 Å². The van der Waals surface area contributed by atoms with Crippen LogP contribution < -0.4 is 17.0 Å². The number of nitrogens with two attached hydrogens (primary N) is 2. The number of aromatic nitrogens is 2. The summed E-state index contributed by atoms with van der Waals surface area (Å²) in [6.45, 7) is 3.19. The molecule has 1 aromatic carbocycles. The monoisotopic (exact) mass is 355 g/mol. The van der Waals surface area contributed by atoms with Crippen LogP contribution in [0, 0.1) is 11.2 Å². The lowest BCUT2D eigenvalue weighted by atomic mass is 9.95. The molecular formula is C18H18FN5O2. The van der Waals surface area contributed by atoms with Gasteiger partial charge in [-0.15, -0.1) is 0 Å². The van der Waals surface area contributed by atoms with Gasteiger partial charge in [-0.3, -0.25) is 9.78 Å². The highest BCUT2D eigenvalue weighted by Gasteiger charge is 2.21. The van der Waals surface area contributed by atoms with Gasteiger partial charge in [0.25, 0.3) is 5.56 Å². The molecule has 7 N–H and O–H groups in total. The second-order valence-electron chi connectivity index (χ2n) is 6.49. The van der Waals surface area contributed by atoms with Crippen LogP contribution in [-0.2, 0) is 5.60 Å². The number of nitrogens with zero attached hydrogens (tertiary/aromatic N) is 1. The maximum atomic E-state index is 13.8. The molecular weight excluding hydrogens is 337 g/mol. The number of aliphatic hydroxyl groups is 1. The van der Waals surface area contributed by atoms with Crippen LogP contribution in [0.1, 0.15) is 25.0 Å². The zero-order valence-corrected chi connectivity index (χ0v) is 14.2. The highest BCUT2D eigenvalue weighted by Crippen LogP contribution is 2.35. The van der Waals surface area contributed by atoms with Crippen molar-refractivity contribution in [3.8, 4) is 11.1 Å². The molecule has 7 nitrogen and oxygen atoms in total. The molecule has 2 heterocycles. The van der Waals surface area contributed by atoms with E-state index in [1.165, 1.54) is 12.3 Å². The number of halogens is 1. The van der Waals surface area contributed by atoms with Gasteiger partial charge in [0.1, 0.15) is 11.5 Å². The molecule has 3 aromatic rings. The van der Waals surface area contributed by atoms with Gasteiger partial charge in [0.2, 0.25) is 0 Å². The summed E-state index contributed by atoms with van der Waals surface area (Å²) < 4.78 is 13.8. The van der Waals surface area contributed by atoms with Gasteiger partial charge < -0.3 is 27.0 Å². The minimum absolute atomic E-state index is 0.108. The predicted molar refractivity (Wildman–Crippen MR) is 99.7 cm³/mol. The number of hydrogen-bond acceptors (Lipinski definition) is 6. The van der Waals surface area contributed by atoms with Crippen molar-refractivity contribution in [2.75, 3.05) is 11.5 Å². The molecule has 0 amide bonds. The minimum atomic E-state index is -1.15. The molecule has 0 aliphatic carbocycles. The van der Waals surface area contributed by atoms with Crippen LogP contribution in [0.4, 0.5) is 15.8 Å². The Morgan fingerprint density at radius 3 is 2.62 bits per heavy atom. The van der Waals surface area contributed by atoms with E-state index in [4.69, 9.17) is 16.9 Å². The first kappa shape index (κ1) is 17.6. The number of H-pyrrole nitrogens is 1. The molecule has 0 aliphatic rings. The zero-order valence-electron chi connectivity index (χ0n) is 14.2. The van der Waals surface area contributed by atoms with Crippen LogP contribution in [0.15, 0.2) is 29.2 Å². The normalized spacial score (nSPS) is 11.7. The Balaban J connectivity index is 2.44. The SMILES string of the molecule is CC(C)(O)c1cnc2c(-c3ccc(F)c(N)c3C=N)c(N)c(=O)[nH]c2c1. The average Bonchev–Trinajstić information content (AvgIpc) is 2.57. The largest absolute Gasteiger partial charge is 0.396 e. The number of pyridine rings is 2. The van der Waals surface area contributed by atoms with Crippen LogP contribution in [0.5, 0.6) is 0 Å². The molecule has 0 fully saturated rings. The Labute approximate surface area is 148 Å². The summed E-state index contributed by atoms with van der Waals surface area (Å²) in [6.07, 6.45) is 2.38. The second kappa shape index (κ2) is 5.92. The van der Waals surface area contributed by atoms with Crippen LogP contribution in [0.3, 0.4) is 0 Å². The summed E-state index contributed by atoms with van der Waals surface area (Å²) >= 11 is 0. The fourth-order valence-corrected chi connectivity index (χ4v) is 2.78. The number of fused-ring (bicyclic) bond motifs is 1. The number of nitrogen functional groups attached to an aromatic ring is 2. The van der Waals surface area contributed by atoms with E-state index in [9.17, 15) is 14.3 Å². The van der Waals surface area contributed by atoms with E-state index < -0.39 is 17.0 Å². The van der Waals surface area contributed by atoms with Gasteiger partial charge in [0, 0.05) is 29.1 Å². The minimum Gasteiger partial charge on any atom is -0.396 e. The van der Waals surface area contributed by atoms with Gasteiger partial charge >= 0.3 is 0 Å². The molecule has 0 radical (unpaired) electrons. The van der Waals surface area contributed by atoms with Crippen molar-refractivity contribution in [1.29, 1.82) is 5.41 Å². The lowest BCUT2D eigenvalue weighted by Gasteiger charge is -2.19. The Kier molecular flexibility index (Phi) is 4.00. The maximum absolute atomic E-state index is 13.8. The van der Waals surface area contributed by atoms with Crippen LogP contribution in [-0.4, -0.2) is 21.3 Å². The summed E-state index contributed by atoms with van der Waals surface area (Å²) in [4.78, 5) is 19.3. The molecule has 0 saturated carbocycles. The molecule has 0 aliphatic heterocycles. The Bertz CT molecular complexity index is 1100.